The van der Waals surface area contributed by atoms with Gasteiger partial charge < -0.3 is 10.6 Å². The van der Waals surface area contributed by atoms with Crippen molar-refractivity contribution in [3.05, 3.63) is 28.5 Å². The highest BCUT2D eigenvalue weighted by Gasteiger charge is 2.38. The Morgan fingerprint density at radius 1 is 1.33 bits per heavy atom. The van der Waals surface area contributed by atoms with E-state index >= 15 is 0 Å². The molecule has 4 heteroatoms. The number of nitrogens with two attached hydrogens (primary N) is 1. The van der Waals surface area contributed by atoms with E-state index in [1.165, 1.54) is 30.6 Å². The summed E-state index contributed by atoms with van der Waals surface area (Å²) >= 11 is 8.22. The van der Waals surface area contributed by atoms with Crippen LogP contribution >= 0.6 is 23.4 Å². The lowest BCUT2D eigenvalue weighted by Crippen LogP contribution is -2.41. The lowest BCUT2D eigenvalue weighted by Gasteiger charge is -2.36. The van der Waals surface area contributed by atoms with E-state index < -0.39 is 0 Å². The molecule has 0 amide bonds. The standard InChI is InChI=1S/C14H20ClN2S/c1-17-10-3-4-11(17)8-12(7-10)18-14-5-2-9(16)6-13(14)15/h2,5-6,9-12H,3-4,7-8,16H2,1H3. The van der Waals surface area contributed by atoms with Gasteiger partial charge in [-0.3, -0.25) is 0 Å². The summed E-state index contributed by atoms with van der Waals surface area (Å²) in [4.78, 5) is 3.78. The first-order chi connectivity index (χ1) is 8.63. The predicted molar refractivity (Wildman–Crippen MR) is 79.5 cm³/mol. The Labute approximate surface area is 119 Å². The molecule has 2 fully saturated rings. The van der Waals surface area contributed by atoms with E-state index in [0.29, 0.717) is 0 Å². The highest BCUT2D eigenvalue weighted by Crippen LogP contribution is 2.43. The van der Waals surface area contributed by atoms with Gasteiger partial charge in [0, 0.05) is 39.7 Å². The average molecular weight is 284 g/mol. The van der Waals surface area contributed by atoms with Crippen molar-refractivity contribution in [2.45, 2.75) is 49.1 Å². The zero-order valence-corrected chi connectivity index (χ0v) is 12.3. The predicted octanol–water partition coefficient (Wildman–Crippen LogP) is 2.90. The number of hydrogen-bond donors (Lipinski definition) is 1. The third-order valence-corrected chi connectivity index (χ3v) is 6.16. The number of fused-ring (bicyclic) bond motifs is 2. The van der Waals surface area contributed by atoms with Crippen LogP contribution in [0.15, 0.2) is 22.1 Å². The number of halogens is 1. The van der Waals surface area contributed by atoms with Gasteiger partial charge in [0.1, 0.15) is 0 Å². The van der Waals surface area contributed by atoms with Crippen LogP contribution in [0.3, 0.4) is 0 Å². The fourth-order valence-corrected chi connectivity index (χ4v) is 4.99. The molecule has 2 nitrogen and oxygen atoms in total. The first kappa shape index (κ1) is 13.0. The van der Waals surface area contributed by atoms with Crippen molar-refractivity contribution < 1.29 is 0 Å². The fraction of sp³-hybridized carbons (Fsp3) is 0.643. The Balaban J connectivity index is 1.65. The van der Waals surface area contributed by atoms with Crippen LogP contribution < -0.4 is 5.73 Å². The molecule has 2 bridgehead atoms. The second-order valence-corrected chi connectivity index (χ2v) is 7.33. The Bertz CT molecular complexity index is 379. The van der Waals surface area contributed by atoms with E-state index in [2.05, 4.69) is 18.0 Å². The van der Waals surface area contributed by atoms with Crippen molar-refractivity contribution in [3.63, 3.8) is 0 Å². The largest absolute Gasteiger partial charge is 0.324 e. The molecule has 3 rings (SSSR count). The highest BCUT2D eigenvalue weighted by atomic mass is 35.5. The van der Waals surface area contributed by atoms with Gasteiger partial charge in [0.05, 0.1) is 0 Å². The smallest absolute Gasteiger partial charge is 0.0373 e. The minimum Gasteiger partial charge on any atom is -0.324 e. The van der Waals surface area contributed by atoms with Crippen LogP contribution in [0.5, 0.6) is 0 Å². The Morgan fingerprint density at radius 2 is 2.00 bits per heavy atom. The Hall–Kier alpha value is 0.0400. The number of nitrogens with zero attached hydrogens (tertiary/aromatic N) is 1. The number of piperidine rings is 1. The first-order valence-corrected chi connectivity index (χ1v) is 7.96. The molecule has 0 spiro atoms. The van der Waals surface area contributed by atoms with E-state index in [4.69, 9.17) is 17.3 Å². The van der Waals surface area contributed by atoms with Gasteiger partial charge in [-0.2, -0.15) is 0 Å². The lowest BCUT2D eigenvalue weighted by atomic mass is 10.0. The van der Waals surface area contributed by atoms with Crippen LogP contribution in [0, 0.1) is 6.42 Å². The summed E-state index contributed by atoms with van der Waals surface area (Å²) in [7, 11) is 2.28. The molecule has 0 saturated carbocycles. The summed E-state index contributed by atoms with van der Waals surface area (Å²) in [6.07, 6.45) is 11.4. The number of allylic oxidation sites excluding steroid dienone is 1. The van der Waals surface area contributed by atoms with Crippen molar-refractivity contribution in [3.8, 4) is 0 Å². The summed E-state index contributed by atoms with van der Waals surface area (Å²) in [5.74, 6) is 0. The average Bonchev–Trinajstić information content (AvgIpc) is 2.57. The van der Waals surface area contributed by atoms with E-state index in [1.54, 1.807) is 0 Å². The molecule has 3 unspecified atom stereocenters. The van der Waals surface area contributed by atoms with Crippen LogP contribution in [0.4, 0.5) is 0 Å². The zero-order chi connectivity index (χ0) is 12.7. The van der Waals surface area contributed by atoms with Gasteiger partial charge in [-0.25, -0.2) is 0 Å². The van der Waals surface area contributed by atoms with Gasteiger partial charge >= 0.3 is 0 Å². The van der Waals surface area contributed by atoms with Gasteiger partial charge in [0.2, 0.25) is 0 Å². The number of thioether (sulfide) groups is 1. The summed E-state index contributed by atoms with van der Waals surface area (Å²) in [5, 5.41) is 1.55. The van der Waals surface area contributed by atoms with Crippen LogP contribution in [0.2, 0.25) is 0 Å². The molecule has 2 heterocycles. The van der Waals surface area contributed by atoms with Crippen molar-refractivity contribution >= 4 is 23.4 Å². The molecule has 0 aromatic rings. The van der Waals surface area contributed by atoms with Crippen LogP contribution in [0.25, 0.3) is 0 Å². The second-order valence-electron chi connectivity index (χ2n) is 5.58. The molecule has 2 saturated heterocycles. The quantitative estimate of drug-likeness (QED) is 0.845. The molecule has 3 atom stereocenters. The topological polar surface area (TPSA) is 29.3 Å². The minimum atomic E-state index is -0.0180. The van der Waals surface area contributed by atoms with Crippen LogP contribution in [-0.2, 0) is 0 Å². The molecule has 18 heavy (non-hydrogen) atoms. The maximum absolute atomic E-state index is 6.28. The Morgan fingerprint density at radius 3 is 2.61 bits per heavy atom. The first-order valence-electron chi connectivity index (χ1n) is 6.70. The second kappa shape index (κ2) is 5.20. The molecular formula is C14H20ClN2S. The van der Waals surface area contributed by atoms with E-state index in [-0.39, 0.29) is 6.04 Å². The summed E-state index contributed by atoms with van der Waals surface area (Å²) < 4.78 is 0. The fourth-order valence-electron chi connectivity index (χ4n) is 3.32. The van der Waals surface area contributed by atoms with Crippen molar-refractivity contribution in [2.75, 3.05) is 7.05 Å². The molecule has 0 aromatic carbocycles. The maximum Gasteiger partial charge on any atom is 0.0373 e. The molecule has 1 radical (unpaired) electrons. The van der Waals surface area contributed by atoms with Gasteiger partial charge in [-0.1, -0.05) is 17.7 Å². The monoisotopic (exact) mass is 283 g/mol. The van der Waals surface area contributed by atoms with E-state index in [0.717, 1.165) is 22.4 Å². The van der Waals surface area contributed by atoms with Crippen molar-refractivity contribution in [1.29, 1.82) is 0 Å². The molecule has 2 N–H and O–H groups in total. The minimum absolute atomic E-state index is 0.0180. The van der Waals surface area contributed by atoms with Crippen molar-refractivity contribution in [2.24, 2.45) is 5.73 Å². The van der Waals surface area contributed by atoms with Gasteiger partial charge in [0.15, 0.2) is 0 Å². The van der Waals surface area contributed by atoms with Gasteiger partial charge in [-0.05, 0) is 38.8 Å². The summed E-state index contributed by atoms with van der Waals surface area (Å²) in [6.45, 7) is 0. The normalized spacial score (nSPS) is 40.6. The van der Waals surface area contributed by atoms with Crippen molar-refractivity contribution in [1.82, 2.24) is 4.90 Å². The van der Waals surface area contributed by atoms with Crippen LogP contribution in [-0.4, -0.2) is 35.3 Å². The van der Waals surface area contributed by atoms with Gasteiger partial charge in [-0.15, -0.1) is 11.8 Å². The molecular weight excluding hydrogens is 264 g/mol. The molecule has 99 valence electrons. The third kappa shape index (κ3) is 2.51. The molecule has 2 aliphatic heterocycles. The van der Waals surface area contributed by atoms with Gasteiger partial charge in [0.25, 0.3) is 0 Å². The summed E-state index contributed by atoms with van der Waals surface area (Å²) in [5.41, 5.74) is 5.82. The molecule has 0 aromatic heterocycles. The summed E-state index contributed by atoms with van der Waals surface area (Å²) in [6, 6.07) is 1.56. The van der Waals surface area contributed by atoms with Crippen LogP contribution in [0.1, 0.15) is 25.7 Å². The number of hydrogen-bond acceptors (Lipinski definition) is 3. The maximum atomic E-state index is 6.28. The SMILES string of the molecule is CN1C2CCC1CC(SC1=C(Cl)[CH]C(N)C=C1)C2. The molecule has 3 aliphatic rings. The molecule has 1 aliphatic carbocycles. The zero-order valence-electron chi connectivity index (χ0n) is 10.7. The number of rotatable bonds is 2. The lowest BCUT2D eigenvalue weighted by molar-refractivity contribution is 0.183. The third-order valence-electron chi connectivity index (χ3n) is 4.39. The van der Waals surface area contributed by atoms with E-state index in [1.807, 2.05) is 24.3 Å². The van der Waals surface area contributed by atoms with E-state index in [9.17, 15) is 0 Å². The highest BCUT2D eigenvalue weighted by molar-refractivity contribution is 8.03. The Kier molecular flexibility index (Phi) is 3.77.